The Morgan fingerprint density at radius 3 is 2.24 bits per heavy atom. The van der Waals surface area contributed by atoms with Crippen molar-refractivity contribution in [3.63, 3.8) is 0 Å². The number of nitrogens with zero attached hydrogens (tertiary/aromatic N) is 6. The number of carbonyl (C=O) groups is 5. The molecule has 2 atom stereocenters. The van der Waals surface area contributed by atoms with E-state index < -0.39 is 29.7 Å². The van der Waals surface area contributed by atoms with E-state index in [4.69, 9.17) is 14.2 Å². The third-order valence-corrected chi connectivity index (χ3v) is 15.2. The van der Waals surface area contributed by atoms with Gasteiger partial charge in [-0.1, -0.05) is 0 Å². The Morgan fingerprint density at radius 2 is 1.58 bits per heavy atom. The number of hydrogen-bond donors (Lipinski definition) is 2. The zero-order valence-electron chi connectivity index (χ0n) is 38.3. The van der Waals surface area contributed by atoms with Gasteiger partial charge in [0.2, 0.25) is 11.8 Å². The van der Waals surface area contributed by atoms with Gasteiger partial charge in [-0.2, -0.15) is 0 Å². The van der Waals surface area contributed by atoms with Crippen LogP contribution in [0.2, 0.25) is 0 Å². The van der Waals surface area contributed by atoms with Gasteiger partial charge in [0.1, 0.15) is 17.5 Å². The van der Waals surface area contributed by atoms with Crippen LogP contribution in [0.3, 0.4) is 0 Å². The Hall–Kier alpha value is -5.66. The summed E-state index contributed by atoms with van der Waals surface area (Å²) in [5.41, 5.74) is 3.96. The summed E-state index contributed by atoms with van der Waals surface area (Å²) in [6.45, 7) is 8.96. The molecule has 2 N–H and O–H groups in total. The number of amides is 5. The molecule has 2 aromatic carbocycles. The van der Waals surface area contributed by atoms with Gasteiger partial charge in [-0.15, -0.1) is 11.3 Å². The molecule has 2 aromatic heterocycles. The molecular weight excluding hydrogens is 865 g/mol. The maximum atomic E-state index is 13.6. The number of rotatable bonds is 13. The number of thiophene rings is 1. The molecule has 1 spiro atoms. The first kappa shape index (κ1) is 45.5. The molecule has 4 fully saturated rings. The van der Waals surface area contributed by atoms with Gasteiger partial charge in [0.05, 0.1) is 53.9 Å². The Balaban J connectivity index is 0.741. The highest BCUT2D eigenvalue weighted by Crippen LogP contribution is 2.43. The van der Waals surface area contributed by atoms with Crippen LogP contribution in [0.5, 0.6) is 11.5 Å². The Labute approximate surface area is 387 Å². The molecule has 7 heterocycles. The van der Waals surface area contributed by atoms with Gasteiger partial charge in [-0.05, 0) is 100 Å². The Kier molecular flexibility index (Phi) is 12.8. The van der Waals surface area contributed by atoms with Crippen molar-refractivity contribution in [1.82, 2.24) is 34.8 Å². The predicted molar refractivity (Wildman–Crippen MR) is 250 cm³/mol. The molecule has 2 unspecified atom stereocenters. The van der Waals surface area contributed by atoms with E-state index in [0.717, 1.165) is 104 Å². The van der Waals surface area contributed by atoms with Crippen molar-refractivity contribution in [3.8, 4) is 22.6 Å². The number of ether oxygens (including phenoxy) is 3. The van der Waals surface area contributed by atoms with Crippen LogP contribution in [-0.2, 0) is 27.9 Å². The average molecular weight is 923 g/mol. The molecule has 4 saturated heterocycles. The van der Waals surface area contributed by atoms with Crippen molar-refractivity contribution < 1.29 is 38.2 Å². The van der Waals surface area contributed by atoms with E-state index in [9.17, 15) is 28.8 Å². The maximum Gasteiger partial charge on any atom is 0.262 e. The lowest BCUT2D eigenvalue weighted by Crippen LogP contribution is -2.54. The van der Waals surface area contributed by atoms with Crippen molar-refractivity contribution in [2.24, 2.45) is 12.5 Å². The lowest BCUT2D eigenvalue weighted by Gasteiger charge is -2.40. The molecule has 0 saturated carbocycles. The van der Waals surface area contributed by atoms with Crippen molar-refractivity contribution in [1.29, 1.82) is 0 Å². The van der Waals surface area contributed by atoms with Gasteiger partial charge < -0.3 is 38.8 Å². The van der Waals surface area contributed by atoms with Gasteiger partial charge >= 0.3 is 0 Å². The quantitative estimate of drug-likeness (QED) is 0.188. The number of likely N-dealkylation sites (tertiary alicyclic amines) is 1. The molecule has 350 valence electrons. The normalized spacial score (nSPS) is 21.3. The van der Waals surface area contributed by atoms with Gasteiger partial charge in [0.25, 0.3) is 23.3 Å². The zero-order valence-corrected chi connectivity index (χ0v) is 39.1. The van der Waals surface area contributed by atoms with E-state index in [1.165, 1.54) is 11.3 Å². The molecule has 5 aliphatic heterocycles. The molecule has 5 aliphatic rings. The third-order valence-electron chi connectivity index (χ3n) is 14.1. The number of fused-ring (bicyclic) bond motifs is 2. The first-order valence-corrected chi connectivity index (χ1v) is 23.5. The van der Waals surface area contributed by atoms with Crippen molar-refractivity contribution in [2.75, 3.05) is 98.7 Å². The maximum absolute atomic E-state index is 13.6. The molecule has 0 bridgehead atoms. The number of aryl methyl sites for hydroxylation is 1. The number of anilines is 1. The SMILES string of the molecule is COc1cc(-c2cn(C)c(=O)c3cc(C(=O)NCC4CC5(CCN(CCN6CCN(c7ccc8c(c7)C(=O)N(C7CCC(=O)NC7=O)C8=O)CC6)CC5)CO4)sc23)cc(OC)c1CN(C)C. The molecule has 18 heteroatoms. The summed E-state index contributed by atoms with van der Waals surface area (Å²) < 4.78 is 20.2. The number of carbonyl (C=O) groups excluding carboxylic acids is 5. The first-order chi connectivity index (χ1) is 31.7. The summed E-state index contributed by atoms with van der Waals surface area (Å²) in [5, 5.41) is 5.84. The van der Waals surface area contributed by atoms with E-state index in [0.29, 0.717) is 47.0 Å². The van der Waals surface area contributed by atoms with E-state index in [1.807, 2.05) is 37.2 Å². The second-order valence-corrected chi connectivity index (χ2v) is 19.7. The Bertz CT molecular complexity index is 2620. The molecule has 4 aromatic rings. The first-order valence-electron chi connectivity index (χ1n) is 22.7. The summed E-state index contributed by atoms with van der Waals surface area (Å²) in [4.78, 5) is 88.4. The highest BCUT2D eigenvalue weighted by molar-refractivity contribution is 7.21. The summed E-state index contributed by atoms with van der Waals surface area (Å²) in [6, 6.07) is 9.95. The topological polar surface area (TPSA) is 175 Å². The molecular formula is C48H58N8O9S. The smallest absolute Gasteiger partial charge is 0.262 e. The number of imide groups is 2. The van der Waals surface area contributed by atoms with Gasteiger partial charge in [0, 0.05) is 88.0 Å². The lowest BCUT2D eigenvalue weighted by atomic mass is 9.76. The predicted octanol–water partition coefficient (Wildman–Crippen LogP) is 3.17. The number of hydrogen-bond acceptors (Lipinski definition) is 14. The molecule has 0 radical (unpaired) electrons. The van der Waals surface area contributed by atoms with Gasteiger partial charge in [0.15, 0.2) is 0 Å². The summed E-state index contributed by atoms with van der Waals surface area (Å²) >= 11 is 1.31. The van der Waals surface area contributed by atoms with Gasteiger partial charge in [-0.25, -0.2) is 0 Å². The second kappa shape index (κ2) is 18.6. The minimum atomic E-state index is -0.980. The minimum absolute atomic E-state index is 0.0798. The fourth-order valence-electron chi connectivity index (χ4n) is 10.3. The molecule has 17 nitrogen and oxygen atoms in total. The Morgan fingerprint density at radius 1 is 0.894 bits per heavy atom. The molecule has 9 rings (SSSR count). The lowest BCUT2D eigenvalue weighted by molar-refractivity contribution is -0.136. The van der Waals surface area contributed by atoms with Crippen LogP contribution in [-0.4, -0.2) is 160 Å². The van der Waals surface area contributed by atoms with Crippen LogP contribution in [0.15, 0.2) is 47.4 Å². The fraction of sp³-hybridized carbons (Fsp3) is 0.500. The number of aromatic nitrogens is 1. The van der Waals surface area contributed by atoms with Crippen LogP contribution >= 0.6 is 11.3 Å². The number of methoxy groups -OCH3 is 2. The van der Waals surface area contributed by atoms with E-state index in [2.05, 4.69) is 25.3 Å². The molecule has 66 heavy (non-hydrogen) atoms. The second-order valence-electron chi connectivity index (χ2n) is 18.6. The van der Waals surface area contributed by atoms with Crippen LogP contribution in [0.1, 0.15) is 68.1 Å². The van der Waals surface area contributed by atoms with Crippen LogP contribution in [0, 0.1) is 5.41 Å². The monoisotopic (exact) mass is 922 g/mol. The number of pyridine rings is 1. The van der Waals surface area contributed by atoms with Crippen molar-refractivity contribution in [3.05, 3.63) is 74.5 Å². The molecule has 5 amide bonds. The van der Waals surface area contributed by atoms with Crippen molar-refractivity contribution >= 4 is 56.6 Å². The number of piperidine rings is 2. The highest BCUT2D eigenvalue weighted by atomic mass is 32.1. The van der Waals surface area contributed by atoms with Gasteiger partial charge in [-0.3, -0.25) is 43.9 Å². The summed E-state index contributed by atoms with van der Waals surface area (Å²) in [7, 11) is 8.95. The van der Waals surface area contributed by atoms with E-state index in [1.54, 1.807) is 50.2 Å². The van der Waals surface area contributed by atoms with E-state index in [-0.39, 0.29) is 41.4 Å². The summed E-state index contributed by atoms with van der Waals surface area (Å²) in [6.07, 6.45) is 4.92. The number of benzene rings is 2. The van der Waals surface area contributed by atoms with Crippen LogP contribution in [0.4, 0.5) is 5.69 Å². The molecule has 0 aliphatic carbocycles. The zero-order chi connectivity index (χ0) is 46.4. The largest absolute Gasteiger partial charge is 0.496 e. The van der Waals surface area contributed by atoms with Crippen LogP contribution in [0.25, 0.3) is 21.2 Å². The fourth-order valence-corrected chi connectivity index (χ4v) is 11.4. The minimum Gasteiger partial charge on any atom is -0.496 e. The highest BCUT2D eigenvalue weighted by Gasteiger charge is 2.45. The van der Waals surface area contributed by atoms with E-state index >= 15 is 0 Å². The van der Waals surface area contributed by atoms with Crippen LogP contribution < -0.4 is 30.6 Å². The van der Waals surface area contributed by atoms with Crippen molar-refractivity contribution in [2.45, 2.75) is 50.8 Å². The average Bonchev–Trinajstić information content (AvgIpc) is 4.01. The number of piperazine rings is 1. The third kappa shape index (κ3) is 8.84. The summed E-state index contributed by atoms with van der Waals surface area (Å²) in [5.74, 6) is -0.853. The number of nitrogens with one attached hydrogen (secondary N) is 2. The standard InChI is InChI=1S/C48H58N8O9S/c1-51(2)26-36-38(63-4)20-29(21-39(36)64-5)35-27-52(3)45(60)34-23-40(66-42(34)35)44(59)49-25-31-24-48(28-65-31)10-12-53(13-11-48)14-15-54-16-18-55(19-17-54)30-6-7-32-33(22-30)47(62)56(46(32)61)37-8-9-41(57)50-43(37)58/h6-7,20-23,27,31,37H,8-19,24-26,28H2,1-5H3,(H,49,59)(H,50,57,58).